The summed E-state index contributed by atoms with van der Waals surface area (Å²) in [7, 11) is 0. The van der Waals surface area contributed by atoms with Gasteiger partial charge in [-0.15, -0.1) is 0 Å². The monoisotopic (exact) mass is 190 g/mol. The molecule has 0 unspecified atom stereocenters. The van der Waals surface area contributed by atoms with Crippen LogP contribution in [0, 0.1) is 6.92 Å². The van der Waals surface area contributed by atoms with E-state index in [1.54, 1.807) is 0 Å². The van der Waals surface area contributed by atoms with Gasteiger partial charge >= 0.3 is 0 Å². The van der Waals surface area contributed by atoms with Crippen molar-refractivity contribution in [3.63, 3.8) is 0 Å². The largest absolute Gasteiger partial charge is 0.307 e. The highest BCUT2D eigenvalue weighted by molar-refractivity contribution is 5.98. The lowest BCUT2D eigenvalue weighted by atomic mass is 10.1. The van der Waals surface area contributed by atoms with Gasteiger partial charge in [0.05, 0.1) is 5.71 Å². The molecule has 1 aromatic carbocycles. The van der Waals surface area contributed by atoms with Gasteiger partial charge in [0.1, 0.15) is 0 Å². The summed E-state index contributed by atoms with van der Waals surface area (Å²) in [5.41, 5.74) is 6.52. The van der Waals surface area contributed by atoms with Crippen LogP contribution in [0.2, 0.25) is 0 Å². The SMILES string of the molecule is CC(=NNC(C)C)c1ccc(C)cc1. The maximum Gasteiger partial charge on any atom is 0.0644 e. The first kappa shape index (κ1) is 10.8. The minimum absolute atomic E-state index is 0.385. The maximum absolute atomic E-state index is 4.29. The first-order valence-corrected chi connectivity index (χ1v) is 4.96. The summed E-state index contributed by atoms with van der Waals surface area (Å²) in [5, 5.41) is 4.29. The molecule has 0 aliphatic heterocycles. The quantitative estimate of drug-likeness (QED) is 0.575. The van der Waals surface area contributed by atoms with Crippen LogP contribution in [0.25, 0.3) is 0 Å². The molecule has 0 amide bonds. The molecule has 0 heterocycles. The van der Waals surface area contributed by atoms with E-state index >= 15 is 0 Å². The summed E-state index contributed by atoms with van der Waals surface area (Å²) in [6.07, 6.45) is 0. The summed E-state index contributed by atoms with van der Waals surface area (Å²) in [6, 6.07) is 8.77. The van der Waals surface area contributed by atoms with E-state index in [-0.39, 0.29) is 0 Å². The van der Waals surface area contributed by atoms with Gasteiger partial charge in [0.2, 0.25) is 0 Å². The van der Waals surface area contributed by atoms with Gasteiger partial charge in [-0.2, -0.15) is 5.10 Å². The molecule has 0 radical (unpaired) electrons. The second-order valence-corrected chi connectivity index (χ2v) is 3.85. The topological polar surface area (TPSA) is 24.4 Å². The third kappa shape index (κ3) is 3.21. The normalized spacial score (nSPS) is 11.9. The van der Waals surface area contributed by atoms with Gasteiger partial charge in [-0.25, -0.2) is 0 Å². The Morgan fingerprint density at radius 2 is 1.79 bits per heavy atom. The summed E-state index contributed by atoms with van der Waals surface area (Å²) in [5.74, 6) is 0. The van der Waals surface area contributed by atoms with Crippen LogP contribution in [-0.4, -0.2) is 11.8 Å². The molecule has 0 atom stereocenters. The molecule has 0 bridgehead atoms. The fourth-order valence-electron chi connectivity index (χ4n) is 1.09. The van der Waals surface area contributed by atoms with E-state index in [2.05, 4.69) is 55.6 Å². The van der Waals surface area contributed by atoms with Gasteiger partial charge < -0.3 is 5.43 Å². The van der Waals surface area contributed by atoms with E-state index in [9.17, 15) is 0 Å². The smallest absolute Gasteiger partial charge is 0.0644 e. The number of nitrogens with zero attached hydrogens (tertiary/aromatic N) is 1. The average Bonchev–Trinajstić information content (AvgIpc) is 2.15. The Morgan fingerprint density at radius 3 is 2.29 bits per heavy atom. The number of hydrogen-bond acceptors (Lipinski definition) is 2. The van der Waals surface area contributed by atoms with E-state index in [1.165, 1.54) is 11.1 Å². The number of hydrazone groups is 1. The van der Waals surface area contributed by atoms with Crippen molar-refractivity contribution < 1.29 is 0 Å². The molecule has 0 aliphatic rings. The molecule has 0 aliphatic carbocycles. The molecular formula is C12H18N2. The Kier molecular flexibility index (Phi) is 3.69. The van der Waals surface area contributed by atoms with Crippen molar-refractivity contribution >= 4 is 5.71 Å². The number of nitrogens with one attached hydrogen (secondary N) is 1. The van der Waals surface area contributed by atoms with Gasteiger partial charge in [0.25, 0.3) is 0 Å². The zero-order chi connectivity index (χ0) is 10.6. The van der Waals surface area contributed by atoms with E-state index in [0.29, 0.717) is 6.04 Å². The Bertz CT molecular complexity index is 310. The van der Waals surface area contributed by atoms with Crippen LogP contribution in [0.15, 0.2) is 29.4 Å². The molecule has 2 nitrogen and oxygen atoms in total. The van der Waals surface area contributed by atoms with Crippen molar-refractivity contribution in [3.8, 4) is 0 Å². The van der Waals surface area contributed by atoms with E-state index in [0.717, 1.165) is 5.71 Å². The molecule has 0 aromatic heterocycles. The van der Waals surface area contributed by atoms with Crippen molar-refractivity contribution in [3.05, 3.63) is 35.4 Å². The second-order valence-electron chi connectivity index (χ2n) is 3.85. The molecule has 1 N–H and O–H groups in total. The fraction of sp³-hybridized carbons (Fsp3) is 0.417. The van der Waals surface area contributed by atoms with Crippen molar-refractivity contribution in [2.24, 2.45) is 5.10 Å². The van der Waals surface area contributed by atoms with Crippen molar-refractivity contribution in [1.29, 1.82) is 0 Å². The number of rotatable bonds is 3. The maximum atomic E-state index is 4.29. The average molecular weight is 190 g/mol. The highest BCUT2D eigenvalue weighted by Gasteiger charge is 1.96. The molecule has 14 heavy (non-hydrogen) atoms. The molecule has 2 heteroatoms. The first-order chi connectivity index (χ1) is 6.59. The van der Waals surface area contributed by atoms with E-state index < -0.39 is 0 Å². The van der Waals surface area contributed by atoms with Gasteiger partial charge in [-0.1, -0.05) is 29.8 Å². The van der Waals surface area contributed by atoms with Crippen LogP contribution in [0.3, 0.4) is 0 Å². The first-order valence-electron chi connectivity index (χ1n) is 4.96. The van der Waals surface area contributed by atoms with Crippen molar-refractivity contribution in [1.82, 2.24) is 5.43 Å². The van der Waals surface area contributed by atoms with Crippen LogP contribution in [0.5, 0.6) is 0 Å². The third-order valence-electron chi connectivity index (χ3n) is 1.96. The van der Waals surface area contributed by atoms with Crippen LogP contribution < -0.4 is 5.43 Å². The van der Waals surface area contributed by atoms with Crippen LogP contribution in [0.1, 0.15) is 31.9 Å². The molecule has 76 valence electrons. The van der Waals surface area contributed by atoms with Gasteiger partial charge in [-0.3, -0.25) is 0 Å². The van der Waals surface area contributed by atoms with E-state index in [4.69, 9.17) is 0 Å². The Labute approximate surface area is 86.0 Å². The van der Waals surface area contributed by atoms with Crippen molar-refractivity contribution in [2.45, 2.75) is 33.7 Å². The minimum atomic E-state index is 0.385. The standard InChI is InChI=1S/C12H18N2/c1-9(2)13-14-11(4)12-7-5-10(3)6-8-12/h5-9,13H,1-4H3. The second kappa shape index (κ2) is 4.80. The summed E-state index contributed by atoms with van der Waals surface area (Å²) in [6.45, 7) is 8.25. The highest BCUT2D eigenvalue weighted by atomic mass is 15.3. The van der Waals surface area contributed by atoms with Crippen LogP contribution in [0.4, 0.5) is 0 Å². The molecule has 0 spiro atoms. The third-order valence-corrected chi connectivity index (χ3v) is 1.96. The molecule has 0 fully saturated rings. The Balaban J connectivity index is 2.73. The lowest BCUT2D eigenvalue weighted by Crippen LogP contribution is -2.18. The van der Waals surface area contributed by atoms with Gasteiger partial charge in [0.15, 0.2) is 0 Å². The summed E-state index contributed by atoms with van der Waals surface area (Å²) >= 11 is 0. The molecular weight excluding hydrogens is 172 g/mol. The number of aryl methyl sites for hydroxylation is 1. The number of hydrogen-bond donors (Lipinski definition) is 1. The predicted molar refractivity (Wildman–Crippen MR) is 61.7 cm³/mol. The Morgan fingerprint density at radius 1 is 1.21 bits per heavy atom. The van der Waals surface area contributed by atoms with Crippen LogP contribution in [-0.2, 0) is 0 Å². The predicted octanol–water partition coefficient (Wildman–Crippen LogP) is 2.72. The zero-order valence-electron chi connectivity index (χ0n) is 9.33. The lowest BCUT2D eigenvalue weighted by molar-refractivity contribution is 0.620. The summed E-state index contributed by atoms with van der Waals surface area (Å²) in [4.78, 5) is 0. The van der Waals surface area contributed by atoms with Gasteiger partial charge in [0, 0.05) is 6.04 Å². The number of benzene rings is 1. The minimum Gasteiger partial charge on any atom is -0.307 e. The van der Waals surface area contributed by atoms with Gasteiger partial charge in [-0.05, 0) is 33.3 Å². The lowest BCUT2D eigenvalue weighted by Gasteiger charge is -2.06. The molecule has 0 saturated heterocycles. The highest BCUT2D eigenvalue weighted by Crippen LogP contribution is 2.04. The fourth-order valence-corrected chi connectivity index (χ4v) is 1.09. The molecule has 1 rings (SSSR count). The Hall–Kier alpha value is -1.31. The molecule has 0 saturated carbocycles. The van der Waals surface area contributed by atoms with Crippen LogP contribution >= 0.6 is 0 Å². The summed E-state index contributed by atoms with van der Waals surface area (Å²) < 4.78 is 0. The van der Waals surface area contributed by atoms with E-state index in [1.807, 2.05) is 6.92 Å². The molecule has 1 aromatic rings. The zero-order valence-corrected chi connectivity index (χ0v) is 9.33. The van der Waals surface area contributed by atoms with Crippen molar-refractivity contribution in [2.75, 3.05) is 0 Å².